The normalized spacial score (nSPS) is 14.7. The van der Waals surface area contributed by atoms with Crippen molar-refractivity contribution in [3.63, 3.8) is 0 Å². The quantitative estimate of drug-likeness (QED) is 0.866. The Labute approximate surface area is 122 Å². The van der Waals surface area contributed by atoms with Gasteiger partial charge >= 0.3 is 0 Å². The molecule has 3 heteroatoms. The van der Waals surface area contributed by atoms with E-state index in [-0.39, 0.29) is 17.4 Å². The molecule has 112 valence electrons. The van der Waals surface area contributed by atoms with Crippen molar-refractivity contribution in [2.45, 2.75) is 59.5 Å². The maximum Gasteiger partial charge on any atom is 0.237 e. The lowest BCUT2D eigenvalue weighted by molar-refractivity contribution is -0.124. The molecule has 0 saturated heterocycles. The van der Waals surface area contributed by atoms with Gasteiger partial charge < -0.3 is 11.1 Å². The van der Waals surface area contributed by atoms with E-state index in [1.165, 1.54) is 5.56 Å². The summed E-state index contributed by atoms with van der Waals surface area (Å²) in [5, 5.41) is 3.12. The molecule has 2 atom stereocenters. The van der Waals surface area contributed by atoms with Crippen molar-refractivity contribution in [2.24, 2.45) is 11.1 Å². The summed E-state index contributed by atoms with van der Waals surface area (Å²) in [5.41, 5.74) is 8.19. The van der Waals surface area contributed by atoms with Crippen LogP contribution in [0.1, 0.15) is 57.7 Å². The fourth-order valence-electron chi connectivity index (χ4n) is 2.34. The van der Waals surface area contributed by atoms with Gasteiger partial charge in [0.25, 0.3) is 0 Å². The smallest absolute Gasteiger partial charge is 0.237 e. The Morgan fingerprint density at radius 2 is 2.00 bits per heavy atom. The minimum atomic E-state index is -0.422. The zero-order valence-corrected chi connectivity index (χ0v) is 13.4. The molecule has 0 fully saturated rings. The van der Waals surface area contributed by atoms with Crippen LogP contribution in [0.25, 0.3) is 0 Å². The minimum Gasteiger partial charge on any atom is -0.347 e. The van der Waals surface area contributed by atoms with Crippen molar-refractivity contribution >= 4 is 5.91 Å². The molecule has 1 amide bonds. The number of rotatable bonds is 5. The van der Waals surface area contributed by atoms with Gasteiger partial charge in [-0.2, -0.15) is 0 Å². The standard InChI is InChI=1S/C17H28N2O/c1-6-8-14(18)16(20)19-15(17(3,4)5)13-10-7-9-12(2)11-13/h7,9-11,14-15H,6,8,18H2,1-5H3,(H,19,20). The van der Waals surface area contributed by atoms with E-state index in [0.29, 0.717) is 0 Å². The van der Waals surface area contributed by atoms with Crippen molar-refractivity contribution < 1.29 is 4.79 Å². The molecule has 0 saturated carbocycles. The molecule has 1 rings (SSSR count). The Hall–Kier alpha value is -1.35. The number of nitrogens with one attached hydrogen (secondary N) is 1. The topological polar surface area (TPSA) is 55.1 Å². The minimum absolute atomic E-state index is 0.0298. The highest BCUT2D eigenvalue weighted by molar-refractivity contribution is 5.82. The van der Waals surface area contributed by atoms with Gasteiger partial charge in [-0.1, -0.05) is 63.9 Å². The van der Waals surface area contributed by atoms with Crippen molar-refractivity contribution in [1.82, 2.24) is 5.32 Å². The lowest BCUT2D eigenvalue weighted by Crippen LogP contribution is -2.45. The van der Waals surface area contributed by atoms with Gasteiger partial charge in [-0.3, -0.25) is 4.79 Å². The zero-order chi connectivity index (χ0) is 15.3. The maximum atomic E-state index is 12.2. The first-order valence-electron chi connectivity index (χ1n) is 7.38. The second-order valence-corrected chi connectivity index (χ2v) is 6.62. The number of carbonyl (C=O) groups is 1. The average Bonchev–Trinajstić information content (AvgIpc) is 2.34. The molecule has 3 N–H and O–H groups in total. The summed E-state index contributed by atoms with van der Waals surface area (Å²) in [6.45, 7) is 10.5. The fourth-order valence-corrected chi connectivity index (χ4v) is 2.34. The summed E-state index contributed by atoms with van der Waals surface area (Å²) in [4.78, 5) is 12.2. The molecule has 0 spiro atoms. The van der Waals surface area contributed by atoms with Crippen LogP contribution in [-0.4, -0.2) is 11.9 Å². The fraction of sp³-hybridized carbons (Fsp3) is 0.588. The Morgan fingerprint density at radius 1 is 1.35 bits per heavy atom. The summed E-state index contributed by atoms with van der Waals surface area (Å²) >= 11 is 0. The second kappa shape index (κ2) is 6.89. The number of nitrogens with two attached hydrogens (primary N) is 1. The number of aryl methyl sites for hydroxylation is 1. The predicted molar refractivity (Wildman–Crippen MR) is 84.4 cm³/mol. The number of hydrogen-bond acceptors (Lipinski definition) is 2. The van der Waals surface area contributed by atoms with E-state index in [0.717, 1.165) is 18.4 Å². The molecule has 0 aliphatic carbocycles. The van der Waals surface area contributed by atoms with E-state index in [1.54, 1.807) is 0 Å². The van der Waals surface area contributed by atoms with E-state index >= 15 is 0 Å². The third-order valence-corrected chi connectivity index (χ3v) is 3.46. The van der Waals surface area contributed by atoms with Crippen molar-refractivity contribution in [1.29, 1.82) is 0 Å². The van der Waals surface area contributed by atoms with Crippen LogP contribution in [-0.2, 0) is 4.79 Å². The van der Waals surface area contributed by atoms with E-state index in [4.69, 9.17) is 5.73 Å². The summed E-state index contributed by atoms with van der Waals surface area (Å²) < 4.78 is 0. The molecular formula is C17H28N2O. The van der Waals surface area contributed by atoms with Gasteiger partial charge in [0, 0.05) is 0 Å². The second-order valence-electron chi connectivity index (χ2n) is 6.62. The Bertz CT molecular complexity index is 449. The summed E-state index contributed by atoms with van der Waals surface area (Å²) in [6.07, 6.45) is 1.63. The molecule has 2 unspecified atom stereocenters. The van der Waals surface area contributed by atoms with Crippen molar-refractivity contribution in [3.8, 4) is 0 Å². The van der Waals surface area contributed by atoms with Crippen LogP contribution in [0, 0.1) is 12.3 Å². The first-order valence-corrected chi connectivity index (χ1v) is 7.38. The average molecular weight is 276 g/mol. The third-order valence-electron chi connectivity index (χ3n) is 3.46. The molecular weight excluding hydrogens is 248 g/mol. The highest BCUT2D eigenvalue weighted by Crippen LogP contribution is 2.33. The highest BCUT2D eigenvalue weighted by atomic mass is 16.2. The predicted octanol–water partition coefficient (Wildman–Crippen LogP) is 3.33. The first kappa shape index (κ1) is 16.7. The molecule has 0 aromatic heterocycles. The SMILES string of the molecule is CCCC(N)C(=O)NC(c1cccc(C)c1)C(C)(C)C. The van der Waals surface area contributed by atoms with Gasteiger partial charge in [0.2, 0.25) is 5.91 Å². The molecule has 0 radical (unpaired) electrons. The molecule has 0 aliphatic rings. The van der Waals surface area contributed by atoms with Crippen LogP contribution in [0.15, 0.2) is 24.3 Å². The lowest BCUT2D eigenvalue weighted by Gasteiger charge is -2.33. The third kappa shape index (κ3) is 4.64. The Kier molecular flexibility index (Phi) is 5.75. The van der Waals surface area contributed by atoms with E-state index in [9.17, 15) is 4.79 Å². The Balaban J connectivity index is 2.95. The number of hydrogen-bond donors (Lipinski definition) is 2. The maximum absolute atomic E-state index is 12.2. The van der Waals surface area contributed by atoms with Gasteiger partial charge in [-0.25, -0.2) is 0 Å². The molecule has 1 aromatic rings. The number of carbonyl (C=O) groups excluding carboxylic acids is 1. The summed E-state index contributed by atoms with van der Waals surface area (Å²) in [7, 11) is 0. The van der Waals surface area contributed by atoms with E-state index in [1.807, 2.05) is 13.0 Å². The highest BCUT2D eigenvalue weighted by Gasteiger charge is 2.29. The van der Waals surface area contributed by atoms with Gasteiger partial charge in [-0.15, -0.1) is 0 Å². The van der Waals surface area contributed by atoms with E-state index in [2.05, 4.69) is 51.2 Å². The lowest BCUT2D eigenvalue weighted by atomic mass is 9.81. The van der Waals surface area contributed by atoms with Crippen LogP contribution in [0.5, 0.6) is 0 Å². The molecule has 20 heavy (non-hydrogen) atoms. The van der Waals surface area contributed by atoms with Gasteiger partial charge in [0.1, 0.15) is 0 Å². The largest absolute Gasteiger partial charge is 0.347 e. The van der Waals surface area contributed by atoms with E-state index < -0.39 is 6.04 Å². The molecule has 0 aliphatic heterocycles. The van der Waals surface area contributed by atoms with Gasteiger partial charge in [0.05, 0.1) is 12.1 Å². The Morgan fingerprint density at radius 3 is 2.50 bits per heavy atom. The number of benzene rings is 1. The van der Waals surface area contributed by atoms with Crippen LogP contribution >= 0.6 is 0 Å². The van der Waals surface area contributed by atoms with Gasteiger partial charge in [0.15, 0.2) is 0 Å². The van der Waals surface area contributed by atoms with Crippen molar-refractivity contribution in [2.75, 3.05) is 0 Å². The van der Waals surface area contributed by atoms with Crippen molar-refractivity contribution in [3.05, 3.63) is 35.4 Å². The number of amides is 1. The molecule has 0 bridgehead atoms. The monoisotopic (exact) mass is 276 g/mol. The van der Waals surface area contributed by atoms with Crippen LogP contribution in [0.4, 0.5) is 0 Å². The summed E-state index contributed by atoms with van der Waals surface area (Å²) in [5.74, 6) is -0.0618. The van der Waals surface area contributed by atoms with Crippen LogP contribution < -0.4 is 11.1 Å². The first-order chi connectivity index (χ1) is 9.25. The molecule has 3 nitrogen and oxygen atoms in total. The zero-order valence-electron chi connectivity index (χ0n) is 13.4. The van der Waals surface area contributed by atoms with Crippen LogP contribution in [0.2, 0.25) is 0 Å². The summed E-state index contributed by atoms with van der Waals surface area (Å²) in [6, 6.07) is 7.83. The van der Waals surface area contributed by atoms with Crippen LogP contribution in [0.3, 0.4) is 0 Å². The van der Waals surface area contributed by atoms with Gasteiger partial charge in [-0.05, 0) is 24.3 Å². The molecule has 1 aromatic carbocycles. The molecule has 0 heterocycles.